The molecule has 3 unspecified atom stereocenters. The van der Waals surface area contributed by atoms with Crippen molar-refractivity contribution in [1.82, 2.24) is 31.1 Å². The molecule has 4 rings (SSSR count). The smallest absolute Gasteiger partial charge is 0.120 e. The summed E-state index contributed by atoms with van der Waals surface area (Å²) in [6, 6.07) is 5.80. The second-order valence-electron chi connectivity index (χ2n) is 14.3. The summed E-state index contributed by atoms with van der Waals surface area (Å²) in [6.07, 6.45) is 16.8. The van der Waals surface area contributed by atoms with Crippen molar-refractivity contribution in [3.63, 3.8) is 0 Å². The second-order valence-corrected chi connectivity index (χ2v) is 14.3. The number of allylic oxidation sites excluding steroid dienone is 2. The molecule has 4 N–H and O–H groups in total. The molecule has 0 amide bonds. The van der Waals surface area contributed by atoms with Crippen molar-refractivity contribution in [2.45, 2.75) is 84.5 Å². The first-order valence-electron chi connectivity index (χ1n) is 18.6. The summed E-state index contributed by atoms with van der Waals surface area (Å²) in [6.45, 7) is 18.5. The van der Waals surface area contributed by atoms with Gasteiger partial charge in [-0.05, 0) is 99.4 Å². The molecule has 2 heterocycles. The van der Waals surface area contributed by atoms with Gasteiger partial charge in [-0.25, -0.2) is 0 Å². The van der Waals surface area contributed by atoms with Crippen LogP contribution in [0.25, 0.3) is 11.6 Å². The number of hydrogen-bond donors (Lipinski definition) is 4. The number of aryl methyl sites for hydroxylation is 1. The summed E-state index contributed by atoms with van der Waals surface area (Å²) >= 11 is 0. The van der Waals surface area contributed by atoms with E-state index in [1.165, 1.54) is 41.5 Å². The van der Waals surface area contributed by atoms with Crippen molar-refractivity contribution in [2.24, 2.45) is 21.8 Å². The molecule has 0 aromatic heterocycles. The van der Waals surface area contributed by atoms with Crippen LogP contribution in [0, 0.1) is 18.8 Å². The minimum atomic E-state index is 0.146. The van der Waals surface area contributed by atoms with E-state index in [4.69, 9.17) is 9.98 Å². The predicted molar refractivity (Wildman–Crippen MR) is 211 cm³/mol. The van der Waals surface area contributed by atoms with E-state index in [0.717, 1.165) is 68.5 Å². The Morgan fingerprint density at radius 3 is 2.73 bits per heavy atom. The lowest BCUT2D eigenvalue weighted by molar-refractivity contribution is 0.222. The maximum absolute atomic E-state index is 5.05. The Bertz CT molecular complexity index is 1440. The molecule has 0 spiro atoms. The zero-order valence-electron chi connectivity index (χ0n) is 31.7. The first-order valence-corrected chi connectivity index (χ1v) is 18.6. The Kier molecular flexibility index (Phi) is 15.0. The number of likely N-dealkylation sites (tertiary alicyclic amines) is 1. The van der Waals surface area contributed by atoms with Crippen molar-refractivity contribution < 1.29 is 0 Å². The maximum Gasteiger partial charge on any atom is 0.120 e. The molecule has 0 radical (unpaired) electrons. The van der Waals surface area contributed by atoms with Crippen LogP contribution in [0.2, 0.25) is 0 Å². The van der Waals surface area contributed by atoms with Crippen LogP contribution in [0.1, 0.15) is 75.1 Å². The summed E-state index contributed by atoms with van der Waals surface area (Å²) in [4.78, 5) is 14.7. The molecule has 8 heteroatoms. The number of benzene rings is 1. The van der Waals surface area contributed by atoms with Gasteiger partial charge in [0, 0.05) is 64.1 Å². The monoisotopic (exact) mass is 669 g/mol. The van der Waals surface area contributed by atoms with E-state index in [1.807, 2.05) is 21.1 Å². The first-order chi connectivity index (χ1) is 23.7. The molecule has 4 atom stereocenters. The van der Waals surface area contributed by atoms with Gasteiger partial charge in [0.05, 0.1) is 18.6 Å². The number of likely N-dealkylation sites (N-methyl/N-ethyl adjacent to an activating group) is 3. The van der Waals surface area contributed by atoms with Gasteiger partial charge in [0.25, 0.3) is 0 Å². The SMILES string of the molecule is C=C(CNC)N(C)[C@@H](CC(C)C)/C1=N/C/C=C\c2cc(C3=C=CCC(CN/C(=N\C)C4CCC(CC)N4CCNC)C=C3)cc(C)c2CN1. The highest BCUT2D eigenvalue weighted by atomic mass is 15.3. The molecule has 1 fully saturated rings. The third-order valence-electron chi connectivity index (χ3n) is 10.3. The van der Waals surface area contributed by atoms with E-state index in [1.54, 1.807) is 0 Å². The van der Waals surface area contributed by atoms with Crippen LogP contribution in [0.3, 0.4) is 0 Å². The number of nitrogens with one attached hydrogen (secondary N) is 4. The van der Waals surface area contributed by atoms with Crippen molar-refractivity contribution in [3.8, 4) is 0 Å². The lowest BCUT2D eigenvalue weighted by Crippen LogP contribution is -2.48. The standard InChI is InChI=1S/C41H64N8/c1-10-36-18-19-38(49(36)22-21-42-6)40(44-8)46-27-32-13-11-14-33(17-16-32)35-24-30(4)37-28-47-41(45-20-12-15-34(37)25-35)39(23-29(2)3)48(9)31(5)26-43-7/h11-12,15-17,24-25,29,32,36,38-39,42-43H,5,10,13,18-23,26-28H2,1-4,6-9H3,(H,44,46)(H,45,47)/b15-12-/t32?,36?,38?,39-/m0/s1. The first kappa shape index (κ1) is 38.4. The van der Waals surface area contributed by atoms with Gasteiger partial charge in [-0.2, -0.15) is 0 Å². The Morgan fingerprint density at radius 1 is 1.20 bits per heavy atom. The van der Waals surface area contributed by atoms with Crippen molar-refractivity contribution in [3.05, 3.63) is 76.7 Å². The highest BCUT2D eigenvalue weighted by molar-refractivity contribution is 5.89. The third-order valence-corrected chi connectivity index (χ3v) is 10.3. The van der Waals surface area contributed by atoms with Gasteiger partial charge in [-0.1, -0.05) is 57.7 Å². The molecule has 0 saturated carbocycles. The summed E-state index contributed by atoms with van der Waals surface area (Å²) < 4.78 is 0. The molecule has 3 aliphatic rings. The molecule has 49 heavy (non-hydrogen) atoms. The second kappa shape index (κ2) is 19.1. The molecular formula is C41H64N8. The van der Waals surface area contributed by atoms with Crippen LogP contribution in [-0.4, -0.2) is 101 Å². The molecule has 8 nitrogen and oxygen atoms in total. The quantitative estimate of drug-likeness (QED) is 0.108. The fourth-order valence-corrected chi connectivity index (χ4v) is 7.47. The number of fused-ring (bicyclic) bond motifs is 1. The number of rotatable bonds is 15. The highest BCUT2D eigenvalue weighted by Gasteiger charge is 2.35. The van der Waals surface area contributed by atoms with Crippen molar-refractivity contribution >= 4 is 23.3 Å². The van der Waals surface area contributed by atoms with Gasteiger partial charge < -0.3 is 26.2 Å². The molecule has 1 aromatic rings. The molecular weight excluding hydrogens is 605 g/mol. The third kappa shape index (κ3) is 10.3. The summed E-state index contributed by atoms with van der Waals surface area (Å²) in [5.41, 5.74) is 10.9. The Morgan fingerprint density at radius 2 is 2.02 bits per heavy atom. The fraction of sp³-hybridized carbons (Fsp3) is 0.585. The number of amidine groups is 2. The number of nitrogens with zero attached hydrogens (tertiary/aromatic N) is 4. The predicted octanol–water partition coefficient (Wildman–Crippen LogP) is 5.78. The van der Waals surface area contributed by atoms with Gasteiger partial charge in [0.1, 0.15) is 11.7 Å². The van der Waals surface area contributed by atoms with Gasteiger partial charge in [-0.3, -0.25) is 14.9 Å². The van der Waals surface area contributed by atoms with E-state index in [2.05, 4.69) is 121 Å². The summed E-state index contributed by atoms with van der Waals surface area (Å²) in [7, 11) is 8.08. The molecule has 1 aliphatic carbocycles. The Hall–Kier alpha value is -3.42. The van der Waals surface area contributed by atoms with Gasteiger partial charge in [-0.15, -0.1) is 5.73 Å². The molecule has 268 valence electrons. The normalized spacial score (nSPS) is 23.7. The molecule has 1 aromatic carbocycles. The van der Waals surface area contributed by atoms with Gasteiger partial charge >= 0.3 is 0 Å². The maximum atomic E-state index is 5.05. The van der Waals surface area contributed by atoms with E-state index in [9.17, 15) is 0 Å². The van der Waals surface area contributed by atoms with Gasteiger partial charge in [0.15, 0.2) is 0 Å². The topological polar surface area (TPSA) is 79.3 Å². The van der Waals surface area contributed by atoms with Crippen LogP contribution in [0.5, 0.6) is 0 Å². The fourth-order valence-electron chi connectivity index (χ4n) is 7.47. The summed E-state index contributed by atoms with van der Waals surface area (Å²) in [5.74, 6) is 3.08. The zero-order chi connectivity index (χ0) is 35.3. The molecule has 1 saturated heterocycles. The van der Waals surface area contributed by atoms with E-state index < -0.39 is 0 Å². The minimum Gasteiger partial charge on any atom is -0.372 e. The minimum absolute atomic E-state index is 0.146. The van der Waals surface area contributed by atoms with Crippen molar-refractivity contribution in [2.75, 3.05) is 60.9 Å². The van der Waals surface area contributed by atoms with Crippen molar-refractivity contribution in [1.29, 1.82) is 0 Å². The van der Waals surface area contributed by atoms with Crippen LogP contribution in [-0.2, 0) is 6.54 Å². The van der Waals surface area contributed by atoms with Crippen LogP contribution < -0.4 is 21.3 Å². The number of aliphatic imine (C=N–C) groups is 2. The number of hydrogen-bond acceptors (Lipinski definition) is 7. The van der Waals surface area contributed by atoms with E-state index >= 15 is 0 Å². The lowest BCUT2D eigenvalue weighted by atomic mass is 9.94. The van der Waals surface area contributed by atoms with Crippen LogP contribution in [0.4, 0.5) is 0 Å². The van der Waals surface area contributed by atoms with E-state index in [-0.39, 0.29) is 6.04 Å². The molecule has 0 bridgehead atoms. The Balaban J connectivity index is 1.45. The molecule has 2 aliphatic heterocycles. The Labute approximate surface area is 297 Å². The summed E-state index contributed by atoms with van der Waals surface area (Å²) in [5, 5.41) is 14.1. The average Bonchev–Trinajstić information content (AvgIpc) is 3.39. The largest absolute Gasteiger partial charge is 0.372 e. The average molecular weight is 669 g/mol. The van der Waals surface area contributed by atoms with Gasteiger partial charge in [0.2, 0.25) is 0 Å². The van der Waals surface area contributed by atoms with Crippen LogP contribution >= 0.6 is 0 Å². The van der Waals surface area contributed by atoms with Crippen LogP contribution in [0.15, 0.2) is 64.4 Å². The lowest BCUT2D eigenvalue weighted by Gasteiger charge is -2.34. The van der Waals surface area contributed by atoms with E-state index in [0.29, 0.717) is 30.5 Å². The zero-order valence-corrected chi connectivity index (χ0v) is 31.7. The highest BCUT2D eigenvalue weighted by Crippen LogP contribution is 2.28.